The van der Waals surface area contributed by atoms with Crippen molar-refractivity contribution in [2.75, 3.05) is 0 Å². The Morgan fingerprint density at radius 3 is 2.83 bits per heavy atom. The summed E-state index contributed by atoms with van der Waals surface area (Å²) in [5.74, 6) is 0. The van der Waals surface area contributed by atoms with Crippen LogP contribution in [0.1, 0.15) is 25.1 Å². The van der Waals surface area contributed by atoms with Crippen LogP contribution in [-0.2, 0) is 0 Å². The highest BCUT2D eigenvalue weighted by atomic mass is 14.7. The van der Waals surface area contributed by atoms with Gasteiger partial charge in [0.15, 0.2) is 0 Å². The lowest BCUT2D eigenvalue weighted by Gasteiger charge is -1.98. The van der Waals surface area contributed by atoms with E-state index in [4.69, 9.17) is 0 Å². The minimum absolute atomic E-state index is 0.943. The van der Waals surface area contributed by atoms with E-state index in [1.807, 2.05) is 12.1 Å². The molecule has 0 amide bonds. The lowest BCUT2D eigenvalue weighted by Crippen LogP contribution is -1.84. The lowest BCUT2D eigenvalue weighted by atomic mass is 10.1. The van der Waals surface area contributed by atoms with E-state index in [1.165, 1.54) is 5.57 Å². The predicted molar refractivity (Wildman–Crippen MR) is 53.7 cm³/mol. The van der Waals surface area contributed by atoms with Crippen molar-refractivity contribution in [1.82, 2.24) is 4.98 Å². The maximum atomic E-state index is 4.19. The van der Waals surface area contributed by atoms with Gasteiger partial charge in [-0.15, -0.1) is 0 Å². The van der Waals surface area contributed by atoms with E-state index in [2.05, 4.69) is 31.5 Å². The Balaban J connectivity index is 3.14. The first kappa shape index (κ1) is 8.72. The summed E-state index contributed by atoms with van der Waals surface area (Å²) in [5, 5.41) is 0. The summed E-state index contributed by atoms with van der Waals surface area (Å²) in [6.07, 6.45) is 5.65. The van der Waals surface area contributed by atoms with Gasteiger partial charge in [-0.3, -0.25) is 4.98 Å². The standard InChI is InChI=1S/C11H13N/c1-4-11-10(8-9(2)3)6-5-7-12-11/h4-8H,1H2,2-3H3. The van der Waals surface area contributed by atoms with E-state index < -0.39 is 0 Å². The third kappa shape index (κ3) is 2.06. The molecule has 0 bridgehead atoms. The first-order chi connectivity index (χ1) is 5.74. The van der Waals surface area contributed by atoms with Crippen LogP contribution in [0.4, 0.5) is 0 Å². The maximum absolute atomic E-state index is 4.19. The van der Waals surface area contributed by atoms with Crippen LogP contribution in [0.5, 0.6) is 0 Å². The normalized spacial score (nSPS) is 9.17. The molecule has 0 aliphatic rings. The fraction of sp³-hybridized carbons (Fsp3) is 0.182. The highest BCUT2D eigenvalue weighted by Gasteiger charge is 1.94. The van der Waals surface area contributed by atoms with Gasteiger partial charge in [0.05, 0.1) is 5.69 Å². The molecule has 0 spiro atoms. The maximum Gasteiger partial charge on any atom is 0.0696 e. The summed E-state index contributed by atoms with van der Waals surface area (Å²) >= 11 is 0. The van der Waals surface area contributed by atoms with Gasteiger partial charge in [0.2, 0.25) is 0 Å². The van der Waals surface area contributed by atoms with Crippen LogP contribution in [0.15, 0.2) is 30.5 Å². The number of hydrogen-bond acceptors (Lipinski definition) is 1. The van der Waals surface area contributed by atoms with Crippen LogP contribution < -0.4 is 0 Å². The molecule has 1 aromatic heterocycles. The SMILES string of the molecule is C=Cc1ncccc1C=C(C)C. The largest absolute Gasteiger partial charge is 0.256 e. The Morgan fingerprint density at radius 2 is 2.25 bits per heavy atom. The second kappa shape index (κ2) is 3.86. The molecule has 12 heavy (non-hydrogen) atoms. The number of hydrogen-bond donors (Lipinski definition) is 0. The van der Waals surface area contributed by atoms with Gasteiger partial charge < -0.3 is 0 Å². The number of aromatic nitrogens is 1. The molecule has 0 atom stereocenters. The summed E-state index contributed by atoms with van der Waals surface area (Å²) in [5.41, 5.74) is 3.34. The smallest absolute Gasteiger partial charge is 0.0696 e. The van der Waals surface area contributed by atoms with Crippen LogP contribution in [0.2, 0.25) is 0 Å². The first-order valence-corrected chi connectivity index (χ1v) is 3.96. The summed E-state index contributed by atoms with van der Waals surface area (Å²) < 4.78 is 0. The van der Waals surface area contributed by atoms with Crippen molar-refractivity contribution in [3.63, 3.8) is 0 Å². The molecule has 0 N–H and O–H groups in total. The van der Waals surface area contributed by atoms with Gasteiger partial charge in [-0.25, -0.2) is 0 Å². The summed E-state index contributed by atoms with van der Waals surface area (Å²) in [6, 6.07) is 3.97. The Bertz CT molecular complexity index is 307. The van der Waals surface area contributed by atoms with Gasteiger partial charge in [-0.05, 0) is 26.0 Å². The topological polar surface area (TPSA) is 12.9 Å². The second-order valence-electron chi connectivity index (χ2n) is 2.90. The molecule has 0 unspecified atom stereocenters. The van der Waals surface area contributed by atoms with Crippen LogP contribution >= 0.6 is 0 Å². The van der Waals surface area contributed by atoms with Gasteiger partial charge in [-0.1, -0.05) is 24.3 Å². The quantitative estimate of drug-likeness (QED) is 0.646. The molecule has 1 heteroatoms. The van der Waals surface area contributed by atoms with Crippen molar-refractivity contribution < 1.29 is 0 Å². The molecular formula is C11H13N. The fourth-order valence-electron chi connectivity index (χ4n) is 1.03. The highest BCUT2D eigenvalue weighted by molar-refractivity contribution is 5.62. The zero-order valence-corrected chi connectivity index (χ0v) is 7.54. The molecule has 0 aliphatic heterocycles. The van der Waals surface area contributed by atoms with Crippen LogP contribution in [-0.4, -0.2) is 4.98 Å². The van der Waals surface area contributed by atoms with E-state index in [1.54, 1.807) is 12.3 Å². The molecule has 0 saturated carbocycles. The van der Waals surface area contributed by atoms with Gasteiger partial charge in [0, 0.05) is 11.8 Å². The molecule has 0 radical (unpaired) electrons. The number of pyridine rings is 1. The minimum Gasteiger partial charge on any atom is -0.256 e. The van der Waals surface area contributed by atoms with Crippen molar-refractivity contribution in [2.24, 2.45) is 0 Å². The zero-order chi connectivity index (χ0) is 8.97. The van der Waals surface area contributed by atoms with E-state index >= 15 is 0 Å². The van der Waals surface area contributed by atoms with Crippen LogP contribution in [0, 0.1) is 0 Å². The lowest BCUT2D eigenvalue weighted by molar-refractivity contribution is 1.28. The molecule has 1 aromatic rings. The third-order valence-corrected chi connectivity index (χ3v) is 1.51. The van der Waals surface area contributed by atoms with Gasteiger partial charge in [0.1, 0.15) is 0 Å². The van der Waals surface area contributed by atoms with Crippen molar-refractivity contribution in [3.05, 3.63) is 41.7 Å². The number of nitrogens with zero attached hydrogens (tertiary/aromatic N) is 1. The molecule has 1 nitrogen and oxygen atoms in total. The summed E-state index contributed by atoms with van der Waals surface area (Å²) in [4.78, 5) is 4.19. The van der Waals surface area contributed by atoms with Crippen molar-refractivity contribution >= 4 is 12.2 Å². The molecule has 1 heterocycles. The average Bonchev–Trinajstić information content (AvgIpc) is 2.04. The number of rotatable bonds is 2. The molecule has 0 fully saturated rings. The third-order valence-electron chi connectivity index (χ3n) is 1.51. The van der Waals surface area contributed by atoms with Gasteiger partial charge >= 0.3 is 0 Å². The van der Waals surface area contributed by atoms with Crippen LogP contribution in [0.3, 0.4) is 0 Å². The molecule has 0 aromatic carbocycles. The van der Waals surface area contributed by atoms with E-state index in [9.17, 15) is 0 Å². The van der Waals surface area contributed by atoms with Crippen LogP contribution in [0.25, 0.3) is 12.2 Å². The average molecular weight is 159 g/mol. The Hall–Kier alpha value is -1.37. The Kier molecular flexibility index (Phi) is 2.81. The number of allylic oxidation sites excluding steroid dienone is 1. The second-order valence-corrected chi connectivity index (χ2v) is 2.90. The molecule has 62 valence electrons. The first-order valence-electron chi connectivity index (χ1n) is 3.96. The summed E-state index contributed by atoms with van der Waals surface area (Å²) in [7, 11) is 0. The Morgan fingerprint density at radius 1 is 1.50 bits per heavy atom. The highest BCUT2D eigenvalue weighted by Crippen LogP contribution is 2.10. The van der Waals surface area contributed by atoms with Gasteiger partial charge in [-0.2, -0.15) is 0 Å². The molecular weight excluding hydrogens is 146 g/mol. The Labute approximate surface area is 73.5 Å². The van der Waals surface area contributed by atoms with E-state index in [0.29, 0.717) is 0 Å². The zero-order valence-electron chi connectivity index (χ0n) is 7.54. The van der Waals surface area contributed by atoms with E-state index in [0.717, 1.165) is 11.3 Å². The molecule has 0 saturated heterocycles. The minimum atomic E-state index is 0.943. The van der Waals surface area contributed by atoms with Crippen molar-refractivity contribution in [1.29, 1.82) is 0 Å². The fourth-order valence-corrected chi connectivity index (χ4v) is 1.03. The predicted octanol–water partition coefficient (Wildman–Crippen LogP) is 3.15. The van der Waals surface area contributed by atoms with Crippen molar-refractivity contribution in [3.8, 4) is 0 Å². The molecule has 0 aliphatic carbocycles. The van der Waals surface area contributed by atoms with E-state index in [-0.39, 0.29) is 0 Å². The van der Waals surface area contributed by atoms with Gasteiger partial charge in [0.25, 0.3) is 0 Å². The summed E-state index contributed by atoms with van der Waals surface area (Å²) in [6.45, 7) is 7.85. The monoisotopic (exact) mass is 159 g/mol. The van der Waals surface area contributed by atoms with Crippen molar-refractivity contribution in [2.45, 2.75) is 13.8 Å². The molecule has 1 rings (SSSR count).